The van der Waals surface area contributed by atoms with Gasteiger partial charge in [0, 0.05) is 19.6 Å². The Bertz CT molecular complexity index is 416. The molecule has 18 heavy (non-hydrogen) atoms. The SMILES string of the molecule is O=C(NCC1CNCCO1)c1c(F)cccc1Cl. The summed E-state index contributed by atoms with van der Waals surface area (Å²) in [5, 5.41) is 5.87. The zero-order chi connectivity index (χ0) is 13.0. The van der Waals surface area contributed by atoms with E-state index in [-0.39, 0.29) is 16.7 Å². The lowest BCUT2D eigenvalue weighted by molar-refractivity contribution is 0.0287. The largest absolute Gasteiger partial charge is 0.374 e. The standard InChI is InChI=1S/C12H14ClFN2O2/c13-9-2-1-3-10(14)11(9)12(17)16-7-8-6-15-4-5-18-8/h1-3,8,15H,4-7H2,(H,16,17). The van der Waals surface area contributed by atoms with Crippen LogP contribution in [0.3, 0.4) is 0 Å². The monoisotopic (exact) mass is 272 g/mol. The molecule has 0 spiro atoms. The molecule has 98 valence electrons. The quantitative estimate of drug-likeness (QED) is 0.869. The molecule has 1 aromatic rings. The number of halogens is 2. The fourth-order valence-corrected chi connectivity index (χ4v) is 2.01. The molecule has 0 aliphatic carbocycles. The number of ether oxygens (including phenoxy) is 1. The van der Waals surface area contributed by atoms with E-state index >= 15 is 0 Å². The maximum absolute atomic E-state index is 13.5. The molecule has 1 amide bonds. The van der Waals surface area contributed by atoms with E-state index in [2.05, 4.69) is 10.6 Å². The van der Waals surface area contributed by atoms with Gasteiger partial charge in [0.05, 0.1) is 23.3 Å². The summed E-state index contributed by atoms with van der Waals surface area (Å²) in [6.45, 7) is 2.42. The maximum atomic E-state index is 13.5. The van der Waals surface area contributed by atoms with Crippen LogP contribution in [0.1, 0.15) is 10.4 Å². The van der Waals surface area contributed by atoms with Crippen molar-refractivity contribution in [3.8, 4) is 0 Å². The lowest BCUT2D eigenvalue weighted by Gasteiger charge is -2.23. The number of benzene rings is 1. The molecule has 0 radical (unpaired) electrons. The number of hydrogen-bond acceptors (Lipinski definition) is 3. The van der Waals surface area contributed by atoms with Crippen LogP contribution in [0.5, 0.6) is 0 Å². The van der Waals surface area contributed by atoms with Crippen molar-refractivity contribution in [3.05, 3.63) is 34.6 Å². The third kappa shape index (κ3) is 3.19. The zero-order valence-corrected chi connectivity index (χ0v) is 10.5. The van der Waals surface area contributed by atoms with Gasteiger partial charge in [-0.3, -0.25) is 4.79 Å². The van der Waals surface area contributed by atoms with Gasteiger partial charge < -0.3 is 15.4 Å². The molecule has 1 atom stereocenters. The van der Waals surface area contributed by atoms with Crippen LogP contribution in [0.4, 0.5) is 4.39 Å². The Morgan fingerprint density at radius 3 is 3.11 bits per heavy atom. The van der Waals surface area contributed by atoms with Crippen LogP contribution in [0, 0.1) is 5.82 Å². The van der Waals surface area contributed by atoms with Crippen LogP contribution in [0.25, 0.3) is 0 Å². The third-order valence-corrected chi connectivity index (χ3v) is 3.00. The Morgan fingerprint density at radius 2 is 2.44 bits per heavy atom. The predicted molar refractivity (Wildman–Crippen MR) is 66.4 cm³/mol. The van der Waals surface area contributed by atoms with E-state index in [0.717, 1.165) is 6.54 Å². The van der Waals surface area contributed by atoms with Crippen LogP contribution in [0.15, 0.2) is 18.2 Å². The molecule has 1 unspecified atom stereocenters. The fraction of sp³-hybridized carbons (Fsp3) is 0.417. The maximum Gasteiger partial charge on any atom is 0.255 e. The lowest BCUT2D eigenvalue weighted by atomic mass is 10.2. The first kappa shape index (κ1) is 13.3. The Hall–Kier alpha value is -1.17. The van der Waals surface area contributed by atoms with Crippen molar-refractivity contribution in [2.45, 2.75) is 6.10 Å². The molecule has 6 heteroatoms. The van der Waals surface area contributed by atoms with Gasteiger partial charge in [-0.25, -0.2) is 4.39 Å². The summed E-state index contributed by atoms with van der Waals surface area (Å²) in [7, 11) is 0. The Kier molecular flexibility index (Phi) is 4.52. The van der Waals surface area contributed by atoms with Crippen LogP contribution in [0.2, 0.25) is 5.02 Å². The number of morpholine rings is 1. The Morgan fingerprint density at radius 1 is 1.61 bits per heavy atom. The highest BCUT2D eigenvalue weighted by molar-refractivity contribution is 6.33. The van der Waals surface area contributed by atoms with Gasteiger partial charge in [0.2, 0.25) is 0 Å². The summed E-state index contributed by atoms with van der Waals surface area (Å²) in [6.07, 6.45) is -0.0896. The number of amides is 1. The van der Waals surface area contributed by atoms with E-state index in [4.69, 9.17) is 16.3 Å². The second-order valence-electron chi connectivity index (χ2n) is 4.00. The topological polar surface area (TPSA) is 50.4 Å². The van der Waals surface area contributed by atoms with E-state index in [9.17, 15) is 9.18 Å². The van der Waals surface area contributed by atoms with Gasteiger partial charge in [-0.05, 0) is 12.1 Å². The smallest absolute Gasteiger partial charge is 0.255 e. The van der Waals surface area contributed by atoms with Crippen LogP contribution >= 0.6 is 11.6 Å². The van der Waals surface area contributed by atoms with Gasteiger partial charge in [-0.2, -0.15) is 0 Å². The zero-order valence-electron chi connectivity index (χ0n) is 9.71. The highest BCUT2D eigenvalue weighted by atomic mass is 35.5. The van der Waals surface area contributed by atoms with E-state index in [0.29, 0.717) is 19.7 Å². The second-order valence-corrected chi connectivity index (χ2v) is 4.41. The minimum Gasteiger partial charge on any atom is -0.374 e. The van der Waals surface area contributed by atoms with E-state index in [1.807, 2.05) is 0 Å². The van der Waals surface area contributed by atoms with Crippen LogP contribution in [-0.2, 0) is 4.74 Å². The van der Waals surface area contributed by atoms with Crippen LogP contribution < -0.4 is 10.6 Å². The van der Waals surface area contributed by atoms with Gasteiger partial charge in [-0.15, -0.1) is 0 Å². The Labute approximate surface area is 109 Å². The molecular weight excluding hydrogens is 259 g/mol. The van der Waals surface area contributed by atoms with E-state index in [1.165, 1.54) is 18.2 Å². The summed E-state index contributed by atoms with van der Waals surface area (Å²) >= 11 is 5.80. The number of rotatable bonds is 3. The van der Waals surface area contributed by atoms with Crippen molar-refractivity contribution >= 4 is 17.5 Å². The fourth-order valence-electron chi connectivity index (χ4n) is 1.76. The average Bonchev–Trinajstić information content (AvgIpc) is 2.37. The van der Waals surface area contributed by atoms with Crippen molar-refractivity contribution in [2.24, 2.45) is 0 Å². The van der Waals surface area contributed by atoms with Gasteiger partial charge >= 0.3 is 0 Å². The summed E-state index contributed by atoms with van der Waals surface area (Å²) in [6, 6.07) is 4.15. The first-order valence-corrected chi connectivity index (χ1v) is 6.11. The molecule has 4 nitrogen and oxygen atoms in total. The molecule has 2 rings (SSSR count). The molecular formula is C12H14ClFN2O2. The number of carbonyl (C=O) groups excluding carboxylic acids is 1. The molecule has 1 aromatic carbocycles. The average molecular weight is 273 g/mol. The number of carbonyl (C=O) groups is 1. The molecule has 1 saturated heterocycles. The predicted octanol–water partition coefficient (Wildman–Crippen LogP) is 1.20. The highest BCUT2D eigenvalue weighted by Gasteiger charge is 2.18. The number of hydrogen-bond donors (Lipinski definition) is 2. The molecule has 1 fully saturated rings. The molecule has 1 heterocycles. The molecule has 0 aromatic heterocycles. The van der Waals surface area contributed by atoms with E-state index < -0.39 is 11.7 Å². The second kappa shape index (κ2) is 6.13. The molecule has 0 saturated carbocycles. The molecule has 1 aliphatic rings. The summed E-state index contributed by atoms with van der Waals surface area (Å²) in [5.74, 6) is -1.14. The first-order valence-electron chi connectivity index (χ1n) is 5.73. The van der Waals surface area contributed by atoms with Crippen LogP contribution in [-0.4, -0.2) is 38.3 Å². The summed E-state index contributed by atoms with van der Waals surface area (Å²) < 4.78 is 18.9. The number of nitrogens with one attached hydrogen (secondary N) is 2. The van der Waals surface area contributed by atoms with Gasteiger partial charge in [0.1, 0.15) is 5.82 Å². The van der Waals surface area contributed by atoms with Crippen molar-refractivity contribution < 1.29 is 13.9 Å². The molecule has 2 N–H and O–H groups in total. The first-order chi connectivity index (χ1) is 8.68. The van der Waals surface area contributed by atoms with Gasteiger partial charge in [-0.1, -0.05) is 17.7 Å². The molecule has 1 aliphatic heterocycles. The van der Waals surface area contributed by atoms with Crippen molar-refractivity contribution in [1.29, 1.82) is 0 Å². The minimum atomic E-state index is -0.623. The van der Waals surface area contributed by atoms with Crippen molar-refractivity contribution in [1.82, 2.24) is 10.6 Å². The summed E-state index contributed by atoms with van der Waals surface area (Å²) in [4.78, 5) is 11.8. The summed E-state index contributed by atoms with van der Waals surface area (Å²) in [5.41, 5.74) is -0.122. The minimum absolute atomic E-state index is 0.0896. The lowest BCUT2D eigenvalue weighted by Crippen LogP contribution is -2.45. The van der Waals surface area contributed by atoms with Crippen molar-refractivity contribution in [3.63, 3.8) is 0 Å². The normalized spacial score (nSPS) is 19.6. The van der Waals surface area contributed by atoms with E-state index in [1.54, 1.807) is 0 Å². The Balaban J connectivity index is 1.95. The van der Waals surface area contributed by atoms with Crippen molar-refractivity contribution in [2.75, 3.05) is 26.2 Å². The van der Waals surface area contributed by atoms with Gasteiger partial charge in [0.15, 0.2) is 0 Å². The third-order valence-electron chi connectivity index (χ3n) is 2.68. The van der Waals surface area contributed by atoms with Gasteiger partial charge in [0.25, 0.3) is 5.91 Å². The molecule has 0 bridgehead atoms. The highest BCUT2D eigenvalue weighted by Crippen LogP contribution is 2.18.